The van der Waals surface area contributed by atoms with E-state index in [0.29, 0.717) is 18.6 Å². The Hall–Kier alpha value is -3.07. The van der Waals surface area contributed by atoms with E-state index in [1.165, 1.54) is 11.8 Å². The van der Waals surface area contributed by atoms with Crippen molar-refractivity contribution in [1.82, 2.24) is 16.0 Å². The Morgan fingerprint density at radius 2 is 1.56 bits per heavy atom. The number of nitrogens with one attached hydrogen (secondary N) is 3. The van der Waals surface area contributed by atoms with E-state index in [-0.39, 0.29) is 37.7 Å². The van der Waals surface area contributed by atoms with Crippen LogP contribution in [0.1, 0.15) is 46.0 Å². The van der Waals surface area contributed by atoms with Gasteiger partial charge in [-0.3, -0.25) is 24.2 Å². The molecule has 0 aliphatic rings. The van der Waals surface area contributed by atoms with Gasteiger partial charge in [-0.05, 0) is 37.2 Å². The Bertz CT molecular complexity index is 792. The predicted octanol–water partition coefficient (Wildman–Crippen LogP) is -2.42. The average molecular weight is 533 g/mol. The number of aliphatic carboxylic acids is 1. The van der Waals surface area contributed by atoms with E-state index in [9.17, 15) is 29.1 Å². The van der Waals surface area contributed by atoms with Gasteiger partial charge in [0.1, 0.15) is 18.1 Å². The second-order valence-corrected chi connectivity index (χ2v) is 9.33. The van der Waals surface area contributed by atoms with Gasteiger partial charge in [-0.2, -0.15) is 11.8 Å². The second-order valence-electron chi connectivity index (χ2n) is 8.34. The average Bonchev–Trinajstić information content (AvgIpc) is 2.80. The van der Waals surface area contributed by atoms with Gasteiger partial charge in [0, 0.05) is 6.54 Å². The van der Waals surface area contributed by atoms with Crippen LogP contribution < -0.4 is 38.9 Å². The standard InChI is InChI=1S/C21H40N8O6S/c1-4-11(2)16(29-17(31)12(22)10-15(23)30)19(33)27-13(7-9-36-3)18(32)28-14(20(34)35)6-5-8-26-21(24)25/h11-14,16H,4-10,22H2,1-3H3,(H2,23,30)(H,27,33)(H,28,32)(H,29,31)(H,34,35)(H4,24,25,26). The highest BCUT2D eigenvalue weighted by Crippen LogP contribution is 2.11. The molecule has 15 heteroatoms. The van der Waals surface area contributed by atoms with Gasteiger partial charge >= 0.3 is 5.97 Å². The van der Waals surface area contributed by atoms with E-state index in [1.54, 1.807) is 6.92 Å². The van der Waals surface area contributed by atoms with Crippen LogP contribution >= 0.6 is 11.8 Å². The van der Waals surface area contributed by atoms with Gasteiger partial charge in [0.2, 0.25) is 23.6 Å². The summed E-state index contributed by atoms with van der Waals surface area (Å²) < 4.78 is 0. The summed E-state index contributed by atoms with van der Waals surface area (Å²) in [6.07, 6.45) is 2.56. The second kappa shape index (κ2) is 17.4. The van der Waals surface area contributed by atoms with Gasteiger partial charge in [0.25, 0.3) is 0 Å². The first-order valence-corrected chi connectivity index (χ1v) is 12.9. The maximum Gasteiger partial charge on any atom is 0.326 e. The summed E-state index contributed by atoms with van der Waals surface area (Å²) in [5.74, 6) is -3.99. The Kier molecular flexibility index (Phi) is 15.9. The fourth-order valence-electron chi connectivity index (χ4n) is 3.07. The summed E-state index contributed by atoms with van der Waals surface area (Å²) in [7, 11) is 0. The van der Waals surface area contributed by atoms with Crippen LogP contribution in [-0.2, 0) is 24.0 Å². The third-order valence-corrected chi connectivity index (χ3v) is 6.00. The number of carbonyl (C=O) groups is 5. The molecule has 0 saturated carbocycles. The summed E-state index contributed by atoms with van der Waals surface area (Å²) >= 11 is 1.44. The number of guanidine groups is 1. The predicted molar refractivity (Wildman–Crippen MR) is 138 cm³/mol. The number of rotatable bonds is 18. The number of aliphatic imine (C=N–C) groups is 1. The van der Waals surface area contributed by atoms with Crippen molar-refractivity contribution in [3.63, 3.8) is 0 Å². The van der Waals surface area contributed by atoms with Gasteiger partial charge < -0.3 is 44.0 Å². The van der Waals surface area contributed by atoms with Crippen molar-refractivity contribution >= 4 is 47.3 Å². The molecule has 206 valence electrons. The van der Waals surface area contributed by atoms with Crippen LogP contribution in [0.25, 0.3) is 0 Å². The number of hydrogen-bond donors (Lipinski definition) is 8. The van der Waals surface area contributed by atoms with Crippen molar-refractivity contribution in [2.75, 3.05) is 18.6 Å². The highest BCUT2D eigenvalue weighted by molar-refractivity contribution is 7.98. The fraction of sp³-hybridized carbons (Fsp3) is 0.714. The number of primary amides is 1. The third kappa shape index (κ3) is 13.1. The van der Waals surface area contributed by atoms with Crippen molar-refractivity contribution in [1.29, 1.82) is 0 Å². The molecule has 0 rings (SSSR count). The molecule has 0 aliphatic heterocycles. The number of thioether (sulfide) groups is 1. The molecule has 36 heavy (non-hydrogen) atoms. The maximum atomic E-state index is 13.1. The molecule has 5 unspecified atom stereocenters. The van der Waals surface area contributed by atoms with Crippen LogP contribution in [0.5, 0.6) is 0 Å². The van der Waals surface area contributed by atoms with Crippen molar-refractivity contribution in [2.24, 2.45) is 33.8 Å². The fourth-order valence-corrected chi connectivity index (χ4v) is 3.54. The van der Waals surface area contributed by atoms with Gasteiger partial charge in [-0.1, -0.05) is 20.3 Å². The first-order chi connectivity index (χ1) is 16.8. The van der Waals surface area contributed by atoms with Crippen LogP contribution in [0.3, 0.4) is 0 Å². The minimum atomic E-state index is -1.24. The van der Waals surface area contributed by atoms with E-state index in [4.69, 9.17) is 22.9 Å². The zero-order chi connectivity index (χ0) is 27.8. The molecule has 0 aromatic heterocycles. The van der Waals surface area contributed by atoms with Crippen LogP contribution in [0, 0.1) is 5.92 Å². The zero-order valence-corrected chi connectivity index (χ0v) is 21.8. The first kappa shape index (κ1) is 32.9. The van der Waals surface area contributed by atoms with Crippen LogP contribution in [-0.4, -0.2) is 83.4 Å². The summed E-state index contributed by atoms with van der Waals surface area (Å²) in [4.78, 5) is 64.9. The number of nitrogens with two attached hydrogens (primary N) is 4. The molecular weight excluding hydrogens is 492 g/mol. The molecule has 14 nitrogen and oxygen atoms in total. The quantitative estimate of drug-likeness (QED) is 0.0526. The minimum absolute atomic E-state index is 0.0738. The topological polar surface area (TPSA) is 258 Å². The van der Waals surface area contributed by atoms with Crippen molar-refractivity contribution in [3.05, 3.63) is 0 Å². The molecule has 0 aromatic rings. The third-order valence-electron chi connectivity index (χ3n) is 5.35. The van der Waals surface area contributed by atoms with Crippen LogP contribution in [0.2, 0.25) is 0 Å². The lowest BCUT2D eigenvalue weighted by molar-refractivity contribution is -0.142. The molecule has 4 amide bonds. The maximum absolute atomic E-state index is 13.1. The molecule has 0 heterocycles. The van der Waals surface area contributed by atoms with Gasteiger partial charge in [0.15, 0.2) is 5.96 Å². The first-order valence-electron chi connectivity index (χ1n) is 11.6. The van der Waals surface area contributed by atoms with Crippen LogP contribution in [0.4, 0.5) is 0 Å². The molecule has 0 fully saturated rings. The molecular formula is C21H40N8O6S. The van der Waals surface area contributed by atoms with E-state index < -0.39 is 53.8 Å². The molecule has 0 aromatic carbocycles. The monoisotopic (exact) mass is 532 g/mol. The number of carboxylic acids is 1. The van der Waals surface area contributed by atoms with E-state index in [1.807, 2.05) is 13.2 Å². The molecule has 5 atom stereocenters. The van der Waals surface area contributed by atoms with E-state index >= 15 is 0 Å². The van der Waals surface area contributed by atoms with Crippen molar-refractivity contribution < 1.29 is 29.1 Å². The van der Waals surface area contributed by atoms with E-state index in [0.717, 1.165) is 0 Å². The minimum Gasteiger partial charge on any atom is -0.480 e. The Balaban J connectivity index is 5.48. The lowest BCUT2D eigenvalue weighted by Crippen LogP contribution is -2.59. The summed E-state index contributed by atoms with van der Waals surface area (Å²) in [5.41, 5.74) is 21.3. The molecule has 12 N–H and O–H groups in total. The smallest absolute Gasteiger partial charge is 0.326 e. The highest BCUT2D eigenvalue weighted by atomic mass is 32.2. The Morgan fingerprint density at radius 3 is 2.06 bits per heavy atom. The van der Waals surface area contributed by atoms with Crippen LogP contribution in [0.15, 0.2) is 4.99 Å². The number of nitrogens with zero attached hydrogens (tertiary/aromatic N) is 1. The van der Waals surface area contributed by atoms with Gasteiger partial charge in [-0.25, -0.2) is 4.79 Å². The summed E-state index contributed by atoms with van der Waals surface area (Å²) in [6.45, 7) is 3.75. The largest absolute Gasteiger partial charge is 0.480 e. The normalized spacial score (nSPS) is 14.9. The van der Waals surface area contributed by atoms with Gasteiger partial charge in [-0.15, -0.1) is 0 Å². The lowest BCUT2D eigenvalue weighted by atomic mass is 9.97. The number of carboxylic acid groups (broad SMARTS) is 1. The number of carbonyl (C=O) groups excluding carboxylic acids is 4. The molecule has 0 aliphatic carbocycles. The molecule has 0 radical (unpaired) electrons. The summed E-state index contributed by atoms with van der Waals surface area (Å²) in [5, 5.41) is 17.1. The summed E-state index contributed by atoms with van der Waals surface area (Å²) in [6, 6.07) is -4.53. The molecule has 0 bridgehead atoms. The Labute approximate surface area is 215 Å². The molecule has 0 spiro atoms. The van der Waals surface area contributed by atoms with Crippen molar-refractivity contribution in [3.8, 4) is 0 Å². The lowest BCUT2D eigenvalue weighted by Gasteiger charge is -2.28. The number of amides is 4. The molecule has 0 saturated heterocycles. The Morgan fingerprint density at radius 1 is 0.944 bits per heavy atom. The highest BCUT2D eigenvalue weighted by Gasteiger charge is 2.32. The number of hydrogen-bond acceptors (Lipinski definition) is 8. The van der Waals surface area contributed by atoms with Gasteiger partial charge in [0.05, 0.1) is 12.5 Å². The SMILES string of the molecule is CCC(C)C(NC(=O)C(N)CC(N)=O)C(=O)NC(CCSC)C(=O)NC(CCCN=C(N)N)C(=O)O. The van der Waals surface area contributed by atoms with Crippen molar-refractivity contribution in [2.45, 2.75) is 70.1 Å². The zero-order valence-electron chi connectivity index (χ0n) is 21.0. The van der Waals surface area contributed by atoms with E-state index in [2.05, 4.69) is 20.9 Å².